The molecule has 0 aliphatic rings. The molecule has 16 heavy (non-hydrogen) atoms. The van der Waals surface area contributed by atoms with Crippen LogP contribution in [0.15, 0.2) is 25.8 Å². The van der Waals surface area contributed by atoms with E-state index in [4.69, 9.17) is 16.0 Å². The molecule has 0 fully saturated rings. The van der Waals surface area contributed by atoms with Crippen molar-refractivity contribution in [2.45, 2.75) is 24.1 Å². The number of rotatable bonds is 2. The molecule has 1 N–H and O–H groups in total. The van der Waals surface area contributed by atoms with Gasteiger partial charge in [0.25, 0.3) is 10.8 Å². The number of aromatic nitrogens is 3. The molecule has 0 spiro atoms. The predicted octanol–water partition coefficient (Wildman–Crippen LogP) is 2.18. The Kier molecular flexibility index (Phi) is 3.02. The quantitative estimate of drug-likeness (QED) is 0.835. The summed E-state index contributed by atoms with van der Waals surface area (Å²) >= 11 is 6.92. The molecule has 2 aromatic heterocycles. The Balaban J connectivity index is 2.34. The van der Waals surface area contributed by atoms with E-state index in [2.05, 4.69) is 15.0 Å². The minimum atomic E-state index is -0.376. The third-order valence-electron chi connectivity index (χ3n) is 1.96. The number of oxazole rings is 1. The SMILES string of the molecule is Cc1nc(Sc2nc[nH]c(=O)c2Cl)oc1C. The average Bonchev–Trinajstić information content (AvgIpc) is 2.54. The van der Waals surface area contributed by atoms with Crippen LogP contribution in [0.1, 0.15) is 11.5 Å². The van der Waals surface area contributed by atoms with E-state index in [-0.39, 0.29) is 10.6 Å². The molecule has 5 nitrogen and oxygen atoms in total. The molecule has 0 saturated carbocycles. The van der Waals surface area contributed by atoms with Gasteiger partial charge in [-0.15, -0.1) is 0 Å². The Labute approximate surface area is 100 Å². The fourth-order valence-corrected chi connectivity index (χ4v) is 2.03. The Morgan fingerprint density at radius 2 is 2.25 bits per heavy atom. The highest BCUT2D eigenvalue weighted by molar-refractivity contribution is 7.99. The Morgan fingerprint density at radius 1 is 1.50 bits per heavy atom. The van der Waals surface area contributed by atoms with Gasteiger partial charge in [-0.1, -0.05) is 11.6 Å². The van der Waals surface area contributed by atoms with Gasteiger partial charge in [0, 0.05) is 0 Å². The van der Waals surface area contributed by atoms with Crippen LogP contribution in [0, 0.1) is 13.8 Å². The highest BCUT2D eigenvalue weighted by atomic mass is 35.5. The summed E-state index contributed by atoms with van der Waals surface area (Å²) < 4.78 is 5.35. The lowest BCUT2D eigenvalue weighted by Gasteiger charge is -1.96. The minimum Gasteiger partial charge on any atom is -0.436 e. The summed E-state index contributed by atoms with van der Waals surface area (Å²) in [5.41, 5.74) is 0.433. The molecule has 0 aromatic carbocycles. The van der Waals surface area contributed by atoms with Crippen molar-refractivity contribution >= 4 is 23.4 Å². The highest BCUT2D eigenvalue weighted by Crippen LogP contribution is 2.29. The average molecular weight is 258 g/mol. The first-order chi connectivity index (χ1) is 7.58. The van der Waals surface area contributed by atoms with E-state index in [9.17, 15) is 4.79 Å². The predicted molar refractivity (Wildman–Crippen MR) is 60.0 cm³/mol. The summed E-state index contributed by atoms with van der Waals surface area (Å²) in [6, 6.07) is 0. The molecule has 0 saturated heterocycles. The number of hydrogen-bond acceptors (Lipinski definition) is 5. The van der Waals surface area contributed by atoms with Crippen LogP contribution in [0.25, 0.3) is 0 Å². The molecular formula is C9H8ClN3O2S. The molecule has 0 bridgehead atoms. The Morgan fingerprint density at radius 3 is 2.88 bits per heavy atom. The third-order valence-corrected chi connectivity index (χ3v) is 3.27. The van der Waals surface area contributed by atoms with Crippen molar-refractivity contribution in [1.82, 2.24) is 15.0 Å². The number of nitrogens with zero attached hydrogens (tertiary/aromatic N) is 2. The van der Waals surface area contributed by atoms with Crippen molar-refractivity contribution in [1.29, 1.82) is 0 Å². The second-order valence-corrected chi connectivity index (χ2v) is 4.39. The Hall–Kier alpha value is -1.27. The maximum absolute atomic E-state index is 11.2. The topological polar surface area (TPSA) is 71.8 Å². The molecule has 84 valence electrons. The maximum atomic E-state index is 11.2. The number of H-pyrrole nitrogens is 1. The smallest absolute Gasteiger partial charge is 0.270 e. The summed E-state index contributed by atoms with van der Waals surface area (Å²) in [6.45, 7) is 3.66. The number of nitrogens with one attached hydrogen (secondary N) is 1. The van der Waals surface area contributed by atoms with Gasteiger partial charge in [-0.2, -0.15) is 0 Å². The standard InChI is InChI=1S/C9H8ClN3O2S/c1-4-5(2)15-9(13-4)16-8-6(10)7(14)11-3-12-8/h3H,1-2H3,(H,11,12,14). The molecule has 2 heterocycles. The third kappa shape index (κ3) is 2.12. The van der Waals surface area contributed by atoms with E-state index in [1.54, 1.807) is 0 Å². The molecule has 0 atom stereocenters. The first kappa shape index (κ1) is 11.2. The first-order valence-corrected chi connectivity index (χ1v) is 5.62. The normalized spacial score (nSPS) is 10.7. The molecule has 2 aromatic rings. The molecule has 0 radical (unpaired) electrons. The van der Waals surface area contributed by atoms with Crippen LogP contribution in [0.5, 0.6) is 0 Å². The minimum absolute atomic E-state index is 0.0426. The Bertz CT molecular complexity index is 559. The number of aromatic amines is 1. The van der Waals surface area contributed by atoms with Crippen LogP contribution in [-0.2, 0) is 0 Å². The van der Waals surface area contributed by atoms with Crippen molar-refractivity contribution in [3.05, 3.63) is 33.2 Å². The second kappa shape index (κ2) is 4.31. The van der Waals surface area contributed by atoms with Gasteiger partial charge < -0.3 is 9.40 Å². The van der Waals surface area contributed by atoms with E-state index < -0.39 is 0 Å². The van der Waals surface area contributed by atoms with Gasteiger partial charge in [0.05, 0.1) is 12.0 Å². The van der Waals surface area contributed by atoms with Crippen LogP contribution in [0.3, 0.4) is 0 Å². The molecule has 0 unspecified atom stereocenters. The zero-order chi connectivity index (χ0) is 11.7. The molecule has 0 aliphatic heterocycles. The fraction of sp³-hybridized carbons (Fsp3) is 0.222. The summed E-state index contributed by atoms with van der Waals surface area (Å²) in [6.07, 6.45) is 1.29. The molecular weight excluding hydrogens is 250 g/mol. The number of aryl methyl sites for hydroxylation is 2. The van der Waals surface area contributed by atoms with Crippen molar-refractivity contribution in [2.75, 3.05) is 0 Å². The summed E-state index contributed by atoms with van der Waals surface area (Å²) in [4.78, 5) is 21.7. The van der Waals surface area contributed by atoms with E-state index in [1.807, 2.05) is 13.8 Å². The summed E-state index contributed by atoms with van der Waals surface area (Å²) in [7, 11) is 0. The molecule has 0 amide bonds. The fourth-order valence-electron chi connectivity index (χ4n) is 1.01. The van der Waals surface area contributed by atoms with Crippen molar-refractivity contribution in [3.63, 3.8) is 0 Å². The van der Waals surface area contributed by atoms with Gasteiger partial charge in [0.2, 0.25) is 0 Å². The van der Waals surface area contributed by atoms with E-state index in [0.717, 1.165) is 23.2 Å². The molecule has 0 aliphatic carbocycles. The highest BCUT2D eigenvalue weighted by Gasteiger charge is 2.12. The monoisotopic (exact) mass is 257 g/mol. The van der Waals surface area contributed by atoms with Crippen molar-refractivity contribution in [2.24, 2.45) is 0 Å². The van der Waals surface area contributed by atoms with Gasteiger partial charge in [-0.25, -0.2) is 9.97 Å². The lowest BCUT2D eigenvalue weighted by atomic mass is 10.4. The van der Waals surface area contributed by atoms with Crippen LogP contribution in [0.2, 0.25) is 5.02 Å². The molecule has 7 heteroatoms. The van der Waals surface area contributed by atoms with Crippen LogP contribution >= 0.6 is 23.4 Å². The second-order valence-electron chi connectivity index (χ2n) is 3.07. The van der Waals surface area contributed by atoms with Gasteiger partial charge in [0.15, 0.2) is 0 Å². The van der Waals surface area contributed by atoms with Crippen LogP contribution in [-0.4, -0.2) is 15.0 Å². The van der Waals surface area contributed by atoms with E-state index in [0.29, 0.717) is 10.2 Å². The zero-order valence-corrected chi connectivity index (χ0v) is 10.1. The van der Waals surface area contributed by atoms with Gasteiger partial charge >= 0.3 is 0 Å². The lowest BCUT2D eigenvalue weighted by molar-refractivity contribution is 0.431. The molecule has 2 rings (SSSR count). The van der Waals surface area contributed by atoms with E-state index in [1.165, 1.54) is 6.33 Å². The number of hydrogen-bond donors (Lipinski definition) is 1. The van der Waals surface area contributed by atoms with Crippen molar-refractivity contribution < 1.29 is 4.42 Å². The first-order valence-electron chi connectivity index (χ1n) is 4.43. The van der Waals surface area contributed by atoms with E-state index >= 15 is 0 Å². The van der Waals surface area contributed by atoms with Crippen LogP contribution < -0.4 is 5.56 Å². The van der Waals surface area contributed by atoms with Gasteiger partial charge in [-0.3, -0.25) is 4.79 Å². The lowest BCUT2D eigenvalue weighted by Crippen LogP contribution is -2.07. The summed E-state index contributed by atoms with van der Waals surface area (Å²) in [5, 5.41) is 0.850. The van der Waals surface area contributed by atoms with Gasteiger partial charge in [-0.05, 0) is 25.6 Å². The van der Waals surface area contributed by atoms with Crippen LogP contribution in [0.4, 0.5) is 0 Å². The largest absolute Gasteiger partial charge is 0.436 e. The maximum Gasteiger partial charge on any atom is 0.270 e. The number of halogens is 1. The summed E-state index contributed by atoms with van der Waals surface area (Å²) in [5.74, 6) is 0.739. The van der Waals surface area contributed by atoms with Crippen molar-refractivity contribution in [3.8, 4) is 0 Å². The van der Waals surface area contributed by atoms with Gasteiger partial charge in [0.1, 0.15) is 15.8 Å². The zero-order valence-electron chi connectivity index (χ0n) is 8.57.